The number of esters is 1. The molecule has 1 aliphatic carbocycles. The molecule has 1 atom stereocenters. The van der Waals surface area contributed by atoms with Crippen molar-refractivity contribution in [3.8, 4) is 0 Å². The molecule has 0 N–H and O–H groups in total. The minimum atomic E-state index is -0.146. The standard InChI is InChI=1S/C15H22N2O2/c1-3-17(11-14(18)19-4-2)13-9-5-7-12-8-6-10-16-15(12)13/h6,8,10,13H,3-5,7,9,11H2,1-2H3. The van der Waals surface area contributed by atoms with E-state index in [9.17, 15) is 4.79 Å². The molecule has 0 aliphatic heterocycles. The summed E-state index contributed by atoms with van der Waals surface area (Å²) in [4.78, 5) is 18.4. The SMILES string of the molecule is CCOC(=O)CN(CC)C1CCCc2cccnc21. The summed E-state index contributed by atoms with van der Waals surface area (Å²) in [7, 11) is 0. The number of likely N-dealkylation sites (N-methyl/N-ethyl adjacent to an activating group) is 1. The molecule has 0 saturated carbocycles. The normalized spacial score (nSPS) is 18.2. The molecule has 1 aliphatic rings. The quantitative estimate of drug-likeness (QED) is 0.764. The molecule has 0 fully saturated rings. The Bertz CT molecular complexity index is 434. The lowest BCUT2D eigenvalue weighted by Gasteiger charge is -2.33. The largest absolute Gasteiger partial charge is 0.465 e. The second-order valence-corrected chi connectivity index (χ2v) is 4.82. The Morgan fingerprint density at radius 3 is 3.11 bits per heavy atom. The minimum Gasteiger partial charge on any atom is -0.465 e. The van der Waals surface area contributed by atoms with Gasteiger partial charge in [-0.15, -0.1) is 0 Å². The molecule has 1 aromatic rings. The van der Waals surface area contributed by atoms with Gasteiger partial charge in [0.2, 0.25) is 0 Å². The second kappa shape index (κ2) is 6.66. The number of ether oxygens (including phenoxy) is 1. The van der Waals surface area contributed by atoms with Crippen LogP contribution in [0.3, 0.4) is 0 Å². The van der Waals surface area contributed by atoms with Crippen molar-refractivity contribution in [2.45, 2.75) is 39.2 Å². The monoisotopic (exact) mass is 262 g/mol. The lowest BCUT2D eigenvalue weighted by atomic mass is 9.91. The van der Waals surface area contributed by atoms with Gasteiger partial charge >= 0.3 is 5.97 Å². The van der Waals surface area contributed by atoms with Crippen molar-refractivity contribution in [2.75, 3.05) is 19.7 Å². The second-order valence-electron chi connectivity index (χ2n) is 4.82. The number of hydrogen-bond acceptors (Lipinski definition) is 4. The summed E-state index contributed by atoms with van der Waals surface area (Å²) < 4.78 is 5.05. The Hall–Kier alpha value is -1.42. The number of hydrogen-bond donors (Lipinski definition) is 0. The van der Waals surface area contributed by atoms with Crippen LogP contribution in [0.15, 0.2) is 18.3 Å². The summed E-state index contributed by atoms with van der Waals surface area (Å²) in [5.41, 5.74) is 2.46. The predicted molar refractivity (Wildman–Crippen MR) is 73.8 cm³/mol. The van der Waals surface area contributed by atoms with Crippen LogP contribution in [0, 0.1) is 0 Å². The van der Waals surface area contributed by atoms with E-state index in [1.807, 2.05) is 19.2 Å². The summed E-state index contributed by atoms with van der Waals surface area (Å²) in [6.07, 6.45) is 5.16. The molecule has 0 spiro atoms. The molecule has 4 heteroatoms. The van der Waals surface area contributed by atoms with E-state index in [-0.39, 0.29) is 12.0 Å². The Labute approximate surface area is 114 Å². The van der Waals surface area contributed by atoms with Crippen molar-refractivity contribution in [2.24, 2.45) is 0 Å². The minimum absolute atomic E-state index is 0.146. The third-order valence-corrected chi connectivity index (χ3v) is 3.65. The van der Waals surface area contributed by atoms with Crippen molar-refractivity contribution < 1.29 is 9.53 Å². The topological polar surface area (TPSA) is 42.4 Å². The van der Waals surface area contributed by atoms with Gasteiger partial charge in [-0.2, -0.15) is 0 Å². The molecule has 4 nitrogen and oxygen atoms in total. The molecule has 1 unspecified atom stereocenters. The first kappa shape index (κ1) is 14.0. The van der Waals surface area contributed by atoms with Crippen LogP contribution in [-0.4, -0.2) is 35.5 Å². The summed E-state index contributed by atoms with van der Waals surface area (Å²) in [5.74, 6) is -0.146. The fourth-order valence-electron chi connectivity index (χ4n) is 2.76. The maximum absolute atomic E-state index is 11.7. The van der Waals surface area contributed by atoms with Crippen molar-refractivity contribution >= 4 is 5.97 Å². The average molecular weight is 262 g/mol. The van der Waals surface area contributed by atoms with Gasteiger partial charge in [0.05, 0.1) is 24.9 Å². The molecule has 0 bridgehead atoms. The lowest BCUT2D eigenvalue weighted by Crippen LogP contribution is -2.36. The van der Waals surface area contributed by atoms with Gasteiger partial charge in [-0.05, 0) is 44.4 Å². The number of aromatic nitrogens is 1. The highest BCUT2D eigenvalue weighted by atomic mass is 16.5. The van der Waals surface area contributed by atoms with Crippen LogP contribution in [0.2, 0.25) is 0 Å². The Kier molecular flexibility index (Phi) is 4.91. The summed E-state index contributed by atoms with van der Waals surface area (Å²) in [6, 6.07) is 4.38. The number of fused-ring (bicyclic) bond motifs is 1. The first-order valence-corrected chi connectivity index (χ1v) is 7.09. The van der Waals surface area contributed by atoms with Crippen LogP contribution in [0.25, 0.3) is 0 Å². The molecule has 1 heterocycles. The average Bonchev–Trinajstić information content (AvgIpc) is 2.44. The highest BCUT2D eigenvalue weighted by Crippen LogP contribution is 2.32. The molecule has 104 valence electrons. The highest BCUT2D eigenvalue weighted by Gasteiger charge is 2.27. The third-order valence-electron chi connectivity index (χ3n) is 3.65. The molecule has 0 aromatic carbocycles. The van der Waals surface area contributed by atoms with Crippen LogP contribution in [-0.2, 0) is 16.0 Å². The maximum atomic E-state index is 11.7. The zero-order valence-corrected chi connectivity index (χ0v) is 11.8. The molecule has 1 aromatic heterocycles. The predicted octanol–water partition coefficient (Wildman–Crippen LogP) is 2.34. The molecule has 0 amide bonds. The van der Waals surface area contributed by atoms with Crippen molar-refractivity contribution in [3.63, 3.8) is 0 Å². The van der Waals surface area contributed by atoms with E-state index in [4.69, 9.17) is 4.74 Å². The van der Waals surface area contributed by atoms with E-state index >= 15 is 0 Å². The first-order valence-electron chi connectivity index (χ1n) is 7.09. The van der Waals surface area contributed by atoms with E-state index in [0.29, 0.717) is 13.2 Å². The first-order chi connectivity index (χ1) is 9.26. The van der Waals surface area contributed by atoms with Gasteiger partial charge in [-0.1, -0.05) is 13.0 Å². The van der Waals surface area contributed by atoms with Gasteiger partial charge in [-0.25, -0.2) is 0 Å². The van der Waals surface area contributed by atoms with Crippen LogP contribution in [0.1, 0.15) is 44.0 Å². The van der Waals surface area contributed by atoms with Crippen LogP contribution < -0.4 is 0 Å². The zero-order valence-electron chi connectivity index (χ0n) is 11.8. The van der Waals surface area contributed by atoms with E-state index < -0.39 is 0 Å². The number of aryl methyl sites for hydroxylation is 1. The Balaban J connectivity index is 2.13. The van der Waals surface area contributed by atoms with Gasteiger partial charge in [-0.3, -0.25) is 14.7 Å². The van der Waals surface area contributed by atoms with Crippen LogP contribution in [0.4, 0.5) is 0 Å². The van der Waals surface area contributed by atoms with Gasteiger partial charge in [0.1, 0.15) is 0 Å². The summed E-state index contributed by atoms with van der Waals surface area (Å²) in [5, 5.41) is 0. The van der Waals surface area contributed by atoms with Crippen LogP contribution >= 0.6 is 0 Å². The van der Waals surface area contributed by atoms with Gasteiger partial charge < -0.3 is 4.74 Å². The van der Waals surface area contributed by atoms with E-state index in [1.165, 1.54) is 5.56 Å². The lowest BCUT2D eigenvalue weighted by molar-refractivity contribution is -0.145. The van der Waals surface area contributed by atoms with E-state index in [1.54, 1.807) is 0 Å². The van der Waals surface area contributed by atoms with E-state index in [2.05, 4.69) is 22.9 Å². The summed E-state index contributed by atoms with van der Waals surface area (Å²) in [6.45, 7) is 5.54. The molecule has 2 rings (SSSR count). The number of carbonyl (C=O) groups excluding carboxylic acids is 1. The number of carbonyl (C=O) groups is 1. The summed E-state index contributed by atoms with van der Waals surface area (Å²) >= 11 is 0. The molecule has 19 heavy (non-hydrogen) atoms. The maximum Gasteiger partial charge on any atom is 0.320 e. The highest BCUT2D eigenvalue weighted by molar-refractivity contribution is 5.71. The van der Waals surface area contributed by atoms with E-state index in [0.717, 1.165) is 31.5 Å². The van der Waals surface area contributed by atoms with Crippen molar-refractivity contribution in [1.82, 2.24) is 9.88 Å². The Morgan fingerprint density at radius 2 is 2.37 bits per heavy atom. The van der Waals surface area contributed by atoms with Gasteiger partial charge in [0.15, 0.2) is 0 Å². The van der Waals surface area contributed by atoms with Gasteiger partial charge in [0.25, 0.3) is 0 Å². The Morgan fingerprint density at radius 1 is 1.53 bits per heavy atom. The molecular weight excluding hydrogens is 240 g/mol. The molecular formula is C15H22N2O2. The number of rotatable bonds is 5. The van der Waals surface area contributed by atoms with Crippen molar-refractivity contribution in [3.05, 3.63) is 29.6 Å². The number of pyridine rings is 1. The molecule has 0 radical (unpaired) electrons. The van der Waals surface area contributed by atoms with Crippen LogP contribution in [0.5, 0.6) is 0 Å². The van der Waals surface area contributed by atoms with Crippen molar-refractivity contribution in [1.29, 1.82) is 0 Å². The number of nitrogens with zero attached hydrogens (tertiary/aromatic N) is 2. The fourth-order valence-corrected chi connectivity index (χ4v) is 2.76. The van der Waals surface area contributed by atoms with Gasteiger partial charge in [0, 0.05) is 6.20 Å². The zero-order chi connectivity index (χ0) is 13.7. The smallest absolute Gasteiger partial charge is 0.320 e. The fraction of sp³-hybridized carbons (Fsp3) is 0.600. The molecule has 0 saturated heterocycles. The third kappa shape index (κ3) is 3.32.